The third kappa shape index (κ3) is 2.51. The van der Waals surface area contributed by atoms with E-state index in [1.165, 1.54) is 11.0 Å². The van der Waals surface area contributed by atoms with Crippen LogP contribution in [0.3, 0.4) is 0 Å². The van der Waals surface area contributed by atoms with Crippen molar-refractivity contribution in [3.05, 3.63) is 59.1 Å². The Morgan fingerprint density at radius 3 is 2.57 bits per heavy atom. The molecule has 2 aromatic rings. The quantitative estimate of drug-likeness (QED) is 0.767. The van der Waals surface area contributed by atoms with Crippen LogP contribution in [0.1, 0.15) is 0 Å². The number of hydrogen-bond donors (Lipinski definition) is 1. The fourth-order valence-electron chi connectivity index (χ4n) is 2.26. The van der Waals surface area contributed by atoms with Gasteiger partial charge in [0.05, 0.1) is 22.3 Å². The van der Waals surface area contributed by atoms with Gasteiger partial charge in [0.15, 0.2) is 0 Å². The van der Waals surface area contributed by atoms with Crippen molar-refractivity contribution >= 4 is 46.9 Å². The summed E-state index contributed by atoms with van der Waals surface area (Å²) in [7, 11) is 0. The minimum Gasteiger partial charge on any atom is -0.277 e. The summed E-state index contributed by atoms with van der Waals surface area (Å²) in [6.07, 6.45) is 1.52. The molecular formula is C16H11N2O2S+. The number of benzene rings is 2. The van der Waals surface area contributed by atoms with E-state index >= 15 is 0 Å². The van der Waals surface area contributed by atoms with Crippen LogP contribution in [0.15, 0.2) is 48.5 Å². The summed E-state index contributed by atoms with van der Waals surface area (Å²) in [5.41, 5.74) is 1.37. The molecule has 0 atom stereocenters. The van der Waals surface area contributed by atoms with Crippen molar-refractivity contribution in [2.24, 2.45) is 0 Å². The van der Waals surface area contributed by atoms with Crippen LogP contribution in [-0.2, 0) is 9.59 Å². The second-order valence-corrected chi connectivity index (χ2v) is 4.77. The molecule has 102 valence electrons. The number of rotatable bonds is 3. The molecule has 0 spiro atoms. The predicted molar refractivity (Wildman–Crippen MR) is 82.5 cm³/mol. The highest BCUT2D eigenvalue weighted by atomic mass is 32.1. The lowest BCUT2D eigenvalue weighted by Crippen LogP contribution is -2.79. The Hall–Kier alpha value is -2.66. The fraction of sp³-hybridized carbons (Fsp3) is 0. The third-order valence-corrected chi connectivity index (χ3v) is 3.38. The van der Waals surface area contributed by atoms with Crippen LogP contribution >= 0.6 is 12.2 Å². The van der Waals surface area contributed by atoms with Crippen molar-refractivity contribution in [2.75, 3.05) is 4.90 Å². The van der Waals surface area contributed by atoms with Gasteiger partial charge in [-0.2, -0.15) is 4.99 Å². The summed E-state index contributed by atoms with van der Waals surface area (Å²) in [6, 6.07) is 14.6. The number of fused-ring (bicyclic) bond motifs is 1. The maximum Gasteiger partial charge on any atom is 0.411 e. The molecule has 0 radical (unpaired) electrons. The standard InChI is InChI=1S/C16H10N2O2S/c19-15-8-11-6-7-13(9-14(11)17-15)18(16(20)10-21)12-4-2-1-3-5-12/h1-10H/p+1. The molecule has 0 unspecified atom stereocenters. The lowest BCUT2D eigenvalue weighted by molar-refractivity contribution is -0.406. The number of carbonyl (C=O) groups excluding carboxylic acids is 2. The van der Waals surface area contributed by atoms with Crippen LogP contribution < -0.4 is 20.5 Å². The summed E-state index contributed by atoms with van der Waals surface area (Å²) in [4.78, 5) is 27.8. The van der Waals surface area contributed by atoms with E-state index in [0.29, 0.717) is 11.0 Å². The SMILES string of the molecule is O=C1C=c2ccc(N(C(=O)C=S)c3ccccc3)cc2=[NH+]1. The summed E-state index contributed by atoms with van der Waals surface area (Å²) in [5.74, 6) is -0.459. The van der Waals surface area contributed by atoms with Gasteiger partial charge in [-0.05, 0) is 24.3 Å². The molecule has 0 aromatic heterocycles. The molecule has 1 N–H and O–H groups in total. The molecule has 4 nitrogen and oxygen atoms in total. The third-order valence-electron chi connectivity index (χ3n) is 3.18. The van der Waals surface area contributed by atoms with E-state index in [4.69, 9.17) is 12.2 Å². The zero-order valence-electron chi connectivity index (χ0n) is 10.9. The van der Waals surface area contributed by atoms with Gasteiger partial charge in [-0.3, -0.25) is 9.69 Å². The van der Waals surface area contributed by atoms with E-state index < -0.39 is 0 Å². The molecule has 2 amide bonds. The van der Waals surface area contributed by atoms with E-state index in [0.717, 1.165) is 16.3 Å². The van der Waals surface area contributed by atoms with Crippen LogP contribution in [0, 0.1) is 0 Å². The lowest BCUT2D eigenvalue weighted by Gasteiger charge is -2.20. The average molecular weight is 295 g/mol. The Morgan fingerprint density at radius 2 is 1.86 bits per heavy atom. The number of amides is 2. The van der Waals surface area contributed by atoms with Crippen molar-refractivity contribution in [1.29, 1.82) is 0 Å². The molecule has 0 saturated carbocycles. The molecule has 0 fully saturated rings. The average Bonchev–Trinajstić information content (AvgIpc) is 2.88. The van der Waals surface area contributed by atoms with E-state index in [9.17, 15) is 9.59 Å². The molecule has 1 aliphatic heterocycles. The molecular weight excluding hydrogens is 284 g/mol. The van der Waals surface area contributed by atoms with Crippen LogP contribution in [0.4, 0.5) is 11.4 Å². The highest BCUT2D eigenvalue weighted by Crippen LogP contribution is 2.23. The zero-order chi connectivity index (χ0) is 14.8. The molecule has 0 saturated heterocycles. The summed E-state index contributed by atoms with van der Waals surface area (Å²) in [6.45, 7) is 0. The topological polar surface area (TPSA) is 51.4 Å². The molecule has 3 rings (SSSR count). The van der Waals surface area contributed by atoms with Crippen molar-refractivity contribution < 1.29 is 14.6 Å². The van der Waals surface area contributed by atoms with Crippen LogP contribution in [0.2, 0.25) is 0 Å². The van der Waals surface area contributed by atoms with E-state index in [1.54, 1.807) is 18.2 Å². The Labute approximate surface area is 126 Å². The Bertz CT molecular complexity index is 860. The van der Waals surface area contributed by atoms with Gasteiger partial charge < -0.3 is 0 Å². The van der Waals surface area contributed by atoms with Gasteiger partial charge in [-0.15, -0.1) is 0 Å². The smallest absolute Gasteiger partial charge is 0.277 e. The molecule has 0 aliphatic carbocycles. The number of nitrogens with one attached hydrogen (secondary N) is 1. The van der Waals surface area contributed by atoms with Gasteiger partial charge in [0.1, 0.15) is 0 Å². The predicted octanol–water partition coefficient (Wildman–Crippen LogP) is -0.628. The number of nitrogens with zero attached hydrogens (tertiary/aromatic N) is 1. The second-order valence-electron chi connectivity index (χ2n) is 4.53. The van der Waals surface area contributed by atoms with E-state index in [-0.39, 0.29) is 11.8 Å². The van der Waals surface area contributed by atoms with Crippen molar-refractivity contribution in [3.63, 3.8) is 0 Å². The van der Waals surface area contributed by atoms with Gasteiger partial charge >= 0.3 is 5.91 Å². The largest absolute Gasteiger partial charge is 0.411 e. The first kappa shape index (κ1) is 13.3. The number of hydrogen-bond acceptors (Lipinski definition) is 3. The molecule has 1 heterocycles. The van der Waals surface area contributed by atoms with Gasteiger partial charge in [-0.25, -0.2) is 4.79 Å². The number of para-hydroxylation sites is 1. The fourth-order valence-corrected chi connectivity index (χ4v) is 2.37. The Balaban J connectivity index is 2.15. The van der Waals surface area contributed by atoms with Crippen LogP contribution in [-0.4, -0.2) is 17.2 Å². The summed E-state index contributed by atoms with van der Waals surface area (Å²) in [5, 5.41) is 2.60. The Morgan fingerprint density at radius 1 is 1.10 bits per heavy atom. The van der Waals surface area contributed by atoms with Gasteiger partial charge in [0, 0.05) is 11.8 Å². The monoisotopic (exact) mass is 295 g/mol. The van der Waals surface area contributed by atoms with E-state index in [2.05, 4.69) is 4.99 Å². The first-order valence-corrected chi connectivity index (χ1v) is 6.80. The summed E-state index contributed by atoms with van der Waals surface area (Å²) >= 11 is 4.78. The molecule has 2 aromatic carbocycles. The van der Waals surface area contributed by atoms with Crippen molar-refractivity contribution in [3.8, 4) is 0 Å². The Kier molecular flexibility index (Phi) is 3.41. The van der Waals surface area contributed by atoms with Gasteiger partial charge in [0.2, 0.25) is 5.36 Å². The first-order chi connectivity index (χ1) is 10.2. The number of thiocarbonyl (C=S) groups is 1. The minimum absolute atomic E-state index is 0.158. The zero-order valence-corrected chi connectivity index (χ0v) is 11.8. The first-order valence-electron chi connectivity index (χ1n) is 6.33. The molecule has 5 heteroatoms. The summed E-state index contributed by atoms with van der Waals surface area (Å²) < 4.78 is 0. The maximum atomic E-state index is 12.1. The van der Waals surface area contributed by atoms with Crippen LogP contribution in [0.25, 0.3) is 6.08 Å². The second kappa shape index (κ2) is 5.38. The maximum absolute atomic E-state index is 12.1. The van der Waals surface area contributed by atoms with Crippen LogP contribution in [0.5, 0.6) is 0 Å². The molecule has 0 bridgehead atoms. The highest BCUT2D eigenvalue weighted by Gasteiger charge is 2.18. The van der Waals surface area contributed by atoms with E-state index in [1.807, 2.05) is 30.3 Å². The number of carbonyl (C=O) groups is 2. The van der Waals surface area contributed by atoms with Crippen molar-refractivity contribution in [1.82, 2.24) is 0 Å². The van der Waals surface area contributed by atoms with Crippen molar-refractivity contribution in [2.45, 2.75) is 0 Å². The minimum atomic E-state index is -0.301. The highest BCUT2D eigenvalue weighted by molar-refractivity contribution is 7.80. The van der Waals surface area contributed by atoms with Gasteiger partial charge in [0.25, 0.3) is 5.91 Å². The van der Waals surface area contributed by atoms with Gasteiger partial charge in [-0.1, -0.05) is 30.4 Å². The molecule has 1 aliphatic rings. The number of anilines is 2. The molecule has 21 heavy (non-hydrogen) atoms. The lowest BCUT2D eigenvalue weighted by atomic mass is 10.2. The normalized spacial score (nSPS) is 12.1.